The zero-order valence-corrected chi connectivity index (χ0v) is 17.3. The number of benzene rings is 2. The minimum absolute atomic E-state index is 0.0765. The molecule has 1 aromatic heterocycles. The SMILES string of the molecule is COc1ccc2cc(C(=O)Nc3ccc(C4(N)CC4)cc3)c(=O)oc2c1OCC1CC1. The molecule has 1 heterocycles. The molecule has 1 amide bonds. The highest BCUT2D eigenvalue weighted by Gasteiger charge is 2.39. The van der Waals surface area contributed by atoms with Crippen LogP contribution in [0.4, 0.5) is 5.69 Å². The van der Waals surface area contributed by atoms with Gasteiger partial charge in [0.05, 0.1) is 13.7 Å². The molecule has 0 radical (unpaired) electrons. The highest BCUT2D eigenvalue weighted by atomic mass is 16.5. The Labute approximate surface area is 179 Å². The molecule has 0 spiro atoms. The standard InChI is InChI=1S/C24H24N2O5/c1-29-19-9-4-15-12-18(23(28)31-20(15)21(19)30-13-14-2-3-14)22(27)26-17-7-5-16(6-8-17)24(25)10-11-24/h4-9,12,14H,2-3,10-11,13,25H2,1H3,(H,26,27). The lowest BCUT2D eigenvalue weighted by atomic mass is 10.1. The number of hydrogen-bond donors (Lipinski definition) is 2. The van der Waals surface area contributed by atoms with Crippen molar-refractivity contribution in [3.63, 3.8) is 0 Å². The quantitative estimate of drug-likeness (QED) is 0.564. The van der Waals surface area contributed by atoms with E-state index in [-0.39, 0.29) is 16.7 Å². The van der Waals surface area contributed by atoms with Crippen molar-refractivity contribution in [1.82, 2.24) is 0 Å². The number of ether oxygens (including phenoxy) is 2. The smallest absolute Gasteiger partial charge is 0.349 e. The first-order chi connectivity index (χ1) is 15.0. The third-order valence-electron chi connectivity index (χ3n) is 5.95. The van der Waals surface area contributed by atoms with Gasteiger partial charge < -0.3 is 24.9 Å². The second-order valence-corrected chi connectivity index (χ2v) is 8.40. The van der Waals surface area contributed by atoms with E-state index in [1.807, 2.05) is 12.1 Å². The van der Waals surface area contributed by atoms with Crippen molar-refractivity contribution in [3.8, 4) is 11.5 Å². The summed E-state index contributed by atoms with van der Waals surface area (Å²) < 4.78 is 16.8. The lowest BCUT2D eigenvalue weighted by molar-refractivity contribution is 0.102. The molecule has 0 aliphatic heterocycles. The number of nitrogens with one attached hydrogen (secondary N) is 1. The molecule has 3 aromatic rings. The summed E-state index contributed by atoms with van der Waals surface area (Å²) in [6, 6.07) is 12.4. The van der Waals surface area contributed by atoms with Gasteiger partial charge in [-0.15, -0.1) is 0 Å². The van der Waals surface area contributed by atoms with Crippen LogP contribution in [0.1, 0.15) is 41.6 Å². The maximum atomic E-state index is 12.8. The predicted molar refractivity (Wildman–Crippen MR) is 117 cm³/mol. The number of rotatable bonds is 7. The maximum Gasteiger partial charge on any atom is 0.349 e. The molecule has 7 heteroatoms. The number of hydrogen-bond acceptors (Lipinski definition) is 6. The third-order valence-corrected chi connectivity index (χ3v) is 5.95. The number of carbonyl (C=O) groups excluding carboxylic acids is 1. The zero-order chi connectivity index (χ0) is 21.6. The number of carbonyl (C=O) groups is 1. The van der Waals surface area contributed by atoms with E-state index in [1.54, 1.807) is 24.3 Å². The number of nitrogens with two attached hydrogens (primary N) is 1. The van der Waals surface area contributed by atoms with Crippen molar-refractivity contribution in [2.75, 3.05) is 19.0 Å². The van der Waals surface area contributed by atoms with Crippen LogP contribution in [-0.4, -0.2) is 19.6 Å². The van der Waals surface area contributed by atoms with Crippen molar-refractivity contribution < 1.29 is 18.7 Å². The van der Waals surface area contributed by atoms with E-state index in [0.717, 1.165) is 31.2 Å². The molecule has 2 fully saturated rings. The van der Waals surface area contributed by atoms with Crippen molar-refractivity contribution in [2.24, 2.45) is 11.7 Å². The average molecular weight is 420 g/mol. The molecular weight excluding hydrogens is 396 g/mol. The Kier molecular flexibility index (Phi) is 4.70. The van der Waals surface area contributed by atoms with Gasteiger partial charge >= 0.3 is 5.63 Å². The molecule has 31 heavy (non-hydrogen) atoms. The molecule has 2 saturated carbocycles. The van der Waals surface area contributed by atoms with E-state index >= 15 is 0 Å². The Morgan fingerprint density at radius 1 is 1.19 bits per heavy atom. The number of anilines is 1. The number of amides is 1. The first-order valence-electron chi connectivity index (χ1n) is 10.5. The molecule has 7 nitrogen and oxygen atoms in total. The first-order valence-corrected chi connectivity index (χ1v) is 10.5. The molecule has 3 N–H and O–H groups in total. The molecule has 0 bridgehead atoms. The van der Waals surface area contributed by atoms with E-state index in [2.05, 4.69) is 5.32 Å². The van der Waals surface area contributed by atoms with Gasteiger partial charge in [0.2, 0.25) is 5.75 Å². The maximum absolute atomic E-state index is 12.8. The lowest BCUT2D eigenvalue weighted by Gasteiger charge is -2.13. The monoisotopic (exact) mass is 420 g/mol. The van der Waals surface area contributed by atoms with E-state index in [1.165, 1.54) is 13.2 Å². The predicted octanol–water partition coefficient (Wildman–Crippen LogP) is 3.79. The van der Waals surface area contributed by atoms with Gasteiger partial charge in [-0.1, -0.05) is 12.1 Å². The second kappa shape index (κ2) is 7.42. The fraction of sp³-hybridized carbons (Fsp3) is 0.333. The van der Waals surface area contributed by atoms with Gasteiger partial charge in [-0.3, -0.25) is 4.79 Å². The van der Waals surface area contributed by atoms with Crippen LogP contribution in [0.5, 0.6) is 11.5 Å². The van der Waals surface area contributed by atoms with Crippen LogP contribution in [0.2, 0.25) is 0 Å². The van der Waals surface area contributed by atoms with Crippen molar-refractivity contribution in [1.29, 1.82) is 0 Å². The van der Waals surface area contributed by atoms with Gasteiger partial charge in [-0.05, 0) is 67.5 Å². The average Bonchev–Trinajstić information content (AvgIpc) is 3.70. The Bertz CT molecular complexity index is 1210. The topological polar surface area (TPSA) is 104 Å². The minimum atomic E-state index is -0.731. The summed E-state index contributed by atoms with van der Waals surface area (Å²) in [5.74, 6) is 0.870. The highest BCUT2D eigenvalue weighted by Crippen LogP contribution is 2.42. The lowest BCUT2D eigenvalue weighted by Crippen LogP contribution is -2.21. The van der Waals surface area contributed by atoms with Gasteiger partial charge in [0.1, 0.15) is 5.56 Å². The highest BCUT2D eigenvalue weighted by molar-refractivity contribution is 6.05. The Hall–Kier alpha value is -3.32. The van der Waals surface area contributed by atoms with Crippen LogP contribution in [0, 0.1) is 5.92 Å². The molecule has 0 saturated heterocycles. The van der Waals surface area contributed by atoms with Crippen molar-refractivity contribution in [3.05, 3.63) is 64.0 Å². The van der Waals surface area contributed by atoms with Crippen LogP contribution >= 0.6 is 0 Å². The number of fused-ring (bicyclic) bond motifs is 1. The van der Waals surface area contributed by atoms with Gasteiger partial charge in [0.25, 0.3) is 5.91 Å². The van der Waals surface area contributed by atoms with Crippen LogP contribution in [-0.2, 0) is 5.54 Å². The molecule has 2 aromatic carbocycles. The van der Waals surface area contributed by atoms with Crippen LogP contribution in [0.15, 0.2) is 51.7 Å². The third kappa shape index (κ3) is 3.88. The normalized spacial score (nSPS) is 16.7. The Balaban J connectivity index is 1.42. The molecular formula is C24H24N2O5. The minimum Gasteiger partial charge on any atom is -0.493 e. The summed E-state index contributed by atoms with van der Waals surface area (Å²) in [5, 5.41) is 3.34. The van der Waals surface area contributed by atoms with Gasteiger partial charge in [-0.25, -0.2) is 4.79 Å². The summed E-state index contributed by atoms with van der Waals surface area (Å²) in [7, 11) is 1.53. The van der Waals surface area contributed by atoms with Gasteiger partial charge in [-0.2, -0.15) is 0 Å². The summed E-state index contributed by atoms with van der Waals surface area (Å²) in [6.07, 6.45) is 4.20. The van der Waals surface area contributed by atoms with Crippen molar-refractivity contribution >= 4 is 22.6 Å². The first kappa shape index (κ1) is 19.6. The van der Waals surface area contributed by atoms with Crippen LogP contribution < -0.4 is 26.1 Å². The fourth-order valence-electron chi connectivity index (χ4n) is 3.59. The van der Waals surface area contributed by atoms with E-state index in [4.69, 9.17) is 19.6 Å². The molecule has 2 aliphatic carbocycles. The van der Waals surface area contributed by atoms with Gasteiger partial charge in [0.15, 0.2) is 11.3 Å². The summed E-state index contributed by atoms with van der Waals surface area (Å²) in [4.78, 5) is 25.4. The molecule has 0 atom stereocenters. The largest absolute Gasteiger partial charge is 0.493 e. The second-order valence-electron chi connectivity index (χ2n) is 8.40. The Morgan fingerprint density at radius 3 is 2.58 bits per heavy atom. The number of methoxy groups -OCH3 is 1. The molecule has 5 rings (SSSR count). The summed E-state index contributed by atoms with van der Waals surface area (Å²) in [5.41, 5.74) is 7.07. The Morgan fingerprint density at radius 2 is 1.94 bits per heavy atom. The van der Waals surface area contributed by atoms with E-state index < -0.39 is 11.5 Å². The fourth-order valence-corrected chi connectivity index (χ4v) is 3.59. The molecule has 2 aliphatic rings. The van der Waals surface area contributed by atoms with Crippen molar-refractivity contribution in [2.45, 2.75) is 31.2 Å². The van der Waals surface area contributed by atoms with Crippen LogP contribution in [0.3, 0.4) is 0 Å². The zero-order valence-electron chi connectivity index (χ0n) is 17.3. The van der Waals surface area contributed by atoms with Gasteiger partial charge in [0, 0.05) is 16.6 Å². The summed E-state index contributed by atoms with van der Waals surface area (Å²) in [6.45, 7) is 0.543. The van der Waals surface area contributed by atoms with E-state index in [9.17, 15) is 9.59 Å². The summed E-state index contributed by atoms with van der Waals surface area (Å²) >= 11 is 0. The molecule has 160 valence electrons. The van der Waals surface area contributed by atoms with Crippen LogP contribution in [0.25, 0.3) is 11.0 Å². The molecule has 0 unspecified atom stereocenters. The van der Waals surface area contributed by atoms with E-state index in [0.29, 0.717) is 35.1 Å².